The summed E-state index contributed by atoms with van der Waals surface area (Å²) in [4.78, 5) is 0. The fourth-order valence-corrected chi connectivity index (χ4v) is 5.84. The predicted molar refractivity (Wildman–Crippen MR) is 89.7 cm³/mol. The van der Waals surface area contributed by atoms with Crippen LogP contribution in [0.15, 0.2) is 0 Å². The van der Waals surface area contributed by atoms with Crippen LogP contribution in [0.1, 0.15) is 52.9 Å². The molecule has 118 valence electrons. The van der Waals surface area contributed by atoms with Crippen LogP contribution in [-0.4, -0.2) is 52.5 Å². The number of rotatable bonds is 6. The first-order chi connectivity index (χ1) is 9.69. The molecule has 1 saturated carbocycles. The van der Waals surface area contributed by atoms with Crippen LogP contribution in [0.25, 0.3) is 0 Å². The van der Waals surface area contributed by atoms with Gasteiger partial charge in [0.1, 0.15) is 5.79 Å². The molecule has 0 aromatic heterocycles. The zero-order valence-corrected chi connectivity index (χ0v) is 15.8. The Morgan fingerprint density at radius 3 is 2.30 bits per heavy atom. The van der Waals surface area contributed by atoms with E-state index < -0.39 is 0 Å². The number of hydrogen-bond donors (Lipinski definition) is 3. The lowest BCUT2D eigenvalue weighted by Crippen LogP contribution is -2.80. The molecule has 4 nitrogen and oxygen atoms in total. The van der Waals surface area contributed by atoms with Gasteiger partial charge in [0.15, 0.2) is 0 Å². The molecule has 0 aromatic rings. The predicted octanol–water partition coefficient (Wildman–Crippen LogP) is 0.382. The summed E-state index contributed by atoms with van der Waals surface area (Å²) in [5, 5.41) is 11.4. The Morgan fingerprint density at radius 1 is 1.05 bits per heavy atom. The normalized spacial score (nSPS) is 34.0. The van der Waals surface area contributed by atoms with E-state index in [0.29, 0.717) is 6.04 Å². The van der Waals surface area contributed by atoms with Gasteiger partial charge in [0, 0.05) is 6.04 Å². The van der Waals surface area contributed by atoms with Gasteiger partial charge < -0.3 is 5.32 Å². The molecule has 2 aliphatic rings. The van der Waals surface area contributed by atoms with Crippen LogP contribution in [0.2, 0.25) is 0 Å². The summed E-state index contributed by atoms with van der Waals surface area (Å²) in [5.41, 5.74) is 0. The first-order valence-corrected chi connectivity index (χ1v) is 9.55. The van der Waals surface area contributed by atoms with E-state index in [4.69, 9.17) is 0 Å². The fraction of sp³-hybridized carbons (Fsp3) is 1.00. The van der Waals surface area contributed by atoms with Crippen molar-refractivity contribution in [2.24, 2.45) is 5.92 Å². The van der Waals surface area contributed by atoms with Crippen molar-refractivity contribution < 1.29 is 0 Å². The van der Waals surface area contributed by atoms with E-state index in [2.05, 4.69) is 41.3 Å². The Hall–Kier alpha value is 0.0569. The van der Waals surface area contributed by atoms with E-state index in [0.717, 1.165) is 42.0 Å². The molecule has 20 heavy (non-hydrogen) atoms. The Kier molecular flexibility index (Phi) is 6.04. The Balaban J connectivity index is 2.26. The molecule has 1 saturated heterocycles. The molecule has 2 fully saturated rings. The third kappa shape index (κ3) is 2.97. The summed E-state index contributed by atoms with van der Waals surface area (Å²) in [7, 11) is 1.12. The molecule has 1 aliphatic carbocycles. The van der Waals surface area contributed by atoms with Crippen molar-refractivity contribution in [2.75, 3.05) is 19.6 Å². The molecule has 1 heterocycles. The van der Waals surface area contributed by atoms with Gasteiger partial charge in [-0.25, -0.2) is 0 Å². The number of hydrogen-bond acceptors (Lipinski definition) is 4. The second kappa shape index (κ2) is 7.36. The van der Waals surface area contributed by atoms with Crippen LogP contribution in [-0.2, 0) is 0 Å². The van der Waals surface area contributed by atoms with Gasteiger partial charge in [-0.05, 0) is 44.8 Å². The van der Waals surface area contributed by atoms with Crippen LogP contribution < -0.4 is 16.0 Å². The summed E-state index contributed by atoms with van der Waals surface area (Å²) in [6.07, 6.45) is 6.99. The summed E-state index contributed by atoms with van der Waals surface area (Å²) < 4.78 is 2.75. The number of fused-ring (bicyclic) bond motifs is 1. The third-order valence-electron chi connectivity index (χ3n) is 5.31. The molecule has 0 bridgehead atoms. The van der Waals surface area contributed by atoms with Crippen LogP contribution in [0, 0.1) is 5.92 Å². The van der Waals surface area contributed by atoms with Gasteiger partial charge in [-0.3, -0.25) is 15.2 Å². The van der Waals surface area contributed by atoms with E-state index >= 15 is 0 Å². The van der Waals surface area contributed by atoms with Gasteiger partial charge in [0.05, 0.1) is 16.4 Å². The molecule has 5 heteroatoms. The maximum absolute atomic E-state index is 3.80. The van der Waals surface area contributed by atoms with Gasteiger partial charge in [-0.1, -0.05) is 33.6 Å². The van der Waals surface area contributed by atoms with Crippen molar-refractivity contribution in [1.29, 1.82) is 0 Å². The topological polar surface area (TPSA) is 39.3 Å². The summed E-state index contributed by atoms with van der Waals surface area (Å²) in [6, 6.07) is 1.31. The van der Waals surface area contributed by atoms with Crippen molar-refractivity contribution in [3.63, 3.8) is 0 Å². The minimum atomic E-state index is -0.0236. The van der Waals surface area contributed by atoms with E-state index in [9.17, 15) is 0 Å². The molecule has 0 radical (unpaired) electrons. The molecule has 2 rings (SSSR count). The highest BCUT2D eigenvalue weighted by atomic mass is 28.2. The Bertz CT molecular complexity index is 290. The average Bonchev–Trinajstić information content (AvgIpc) is 2.45. The minimum Gasteiger partial charge on any atom is -0.310 e. The average molecular weight is 299 g/mol. The van der Waals surface area contributed by atoms with Crippen molar-refractivity contribution in [3.8, 4) is 0 Å². The van der Waals surface area contributed by atoms with Gasteiger partial charge in [-0.2, -0.15) is 0 Å². The van der Waals surface area contributed by atoms with E-state index in [-0.39, 0.29) is 5.79 Å². The zero-order chi connectivity index (χ0) is 14.6. The lowest BCUT2D eigenvalue weighted by Gasteiger charge is -2.59. The maximum atomic E-state index is 3.80. The lowest BCUT2D eigenvalue weighted by atomic mass is 9.75. The van der Waals surface area contributed by atoms with E-state index in [1.54, 1.807) is 0 Å². The van der Waals surface area contributed by atoms with Crippen LogP contribution in [0.3, 0.4) is 0 Å². The van der Waals surface area contributed by atoms with Gasteiger partial charge in [0.25, 0.3) is 0 Å². The quantitative estimate of drug-likeness (QED) is 0.490. The highest BCUT2D eigenvalue weighted by Crippen LogP contribution is 2.39. The highest BCUT2D eigenvalue weighted by molar-refractivity contribution is 6.05. The van der Waals surface area contributed by atoms with Crippen molar-refractivity contribution in [3.05, 3.63) is 0 Å². The molecule has 0 aromatic carbocycles. The summed E-state index contributed by atoms with van der Waals surface area (Å²) >= 11 is 0. The number of nitrogens with one attached hydrogen (secondary N) is 3. The molecule has 0 spiro atoms. The molecule has 3 unspecified atom stereocenters. The van der Waals surface area contributed by atoms with Crippen LogP contribution in [0.4, 0.5) is 0 Å². The van der Waals surface area contributed by atoms with E-state index in [1.807, 2.05) is 0 Å². The summed E-state index contributed by atoms with van der Waals surface area (Å²) in [5.74, 6) is 0.875. The first kappa shape index (κ1) is 16.4. The number of nitrogens with zero attached hydrogens (tertiary/aromatic N) is 1. The van der Waals surface area contributed by atoms with E-state index in [1.165, 1.54) is 32.1 Å². The Labute approximate surface area is 127 Å². The number of likely N-dealkylation sites (N-methyl/N-ethyl adjacent to an activating group) is 3. The monoisotopic (exact) mass is 298 g/mol. The van der Waals surface area contributed by atoms with Crippen molar-refractivity contribution in [2.45, 2.75) is 70.7 Å². The highest BCUT2D eigenvalue weighted by Gasteiger charge is 2.50. The number of piperidine rings is 1. The van der Waals surface area contributed by atoms with Crippen molar-refractivity contribution >= 4 is 10.4 Å². The molecular formula is C15H34N4Si. The zero-order valence-electron chi connectivity index (χ0n) is 13.8. The standard InChI is InChI=1S/C15H34N4Si/c1-4-16-14-11-12-9-7-8-10-13(12)19(20)15(14,17-5-2)18-6-3/h12-14,16-18H,4-11H2,1-3,20H3. The van der Waals surface area contributed by atoms with Crippen LogP contribution >= 0.6 is 0 Å². The van der Waals surface area contributed by atoms with Gasteiger partial charge >= 0.3 is 0 Å². The second-order valence-electron chi connectivity index (χ2n) is 6.40. The maximum Gasteiger partial charge on any atom is 0.135 e. The smallest absolute Gasteiger partial charge is 0.135 e. The van der Waals surface area contributed by atoms with Gasteiger partial charge in [0.2, 0.25) is 0 Å². The fourth-order valence-electron chi connectivity index (χ4n) is 4.53. The Morgan fingerprint density at radius 2 is 1.70 bits per heavy atom. The lowest BCUT2D eigenvalue weighted by molar-refractivity contribution is -0.0504. The second-order valence-corrected chi connectivity index (χ2v) is 7.36. The molecular weight excluding hydrogens is 264 g/mol. The molecule has 3 atom stereocenters. The summed E-state index contributed by atoms with van der Waals surface area (Å²) in [6.45, 7) is 9.77. The largest absolute Gasteiger partial charge is 0.310 e. The minimum absolute atomic E-state index is 0.0236. The third-order valence-corrected chi connectivity index (χ3v) is 6.68. The first-order valence-electron chi connectivity index (χ1n) is 8.65. The molecule has 0 amide bonds. The van der Waals surface area contributed by atoms with Crippen LogP contribution in [0.5, 0.6) is 0 Å². The van der Waals surface area contributed by atoms with Crippen molar-refractivity contribution in [1.82, 2.24) is 20.5 Å². The molecule has 1 aliphatic heterocycles. The molecule has 3 N–H and O–H groups in total. The van der Waals surface area contributed by atoms with Gasteiger partial charge in [-0.15, -0.1) is 0 Å². The SMILES string of the molecule is CCNC1CC2CCCCC2N([SiH3])C1(NCC)NCC.